The van der Waals surface area contributed by atoms with Crippen molar-refractivity contribution < 1.29 is 24.2 Å². The van der Waals surface area contributed by atoms with Crippen molar-refractivity contribution in [3.05, 3.63) is 88.4 Å². The van der Waals surface area contributed by atoms with Crippen LogP contribution in [0.15, 0.2) is 66.7 Å². The topological polar surface area (TPSA) is 105 Å². The van der Waals surface area contributed by atoms with Crippen LogP contribution < -0.4 is 10.6 Å². The Morgan fingerprint density at radius 1 is 0.971 bits per heavy atom. The maximum absolute atomic E-state index is 12.4. The highest BCUT2D eigenvalue weighted by Crippen LogP contribution is 2.44. The summed E-state index contributed by atoms with van der Waals surface area (Å²) in [6.07, 6.45) is -0.702. The molecule has 0 aromatic heterocycles. The zero-order chi connectivity index (χ0) is 24.2. The van der Waals surface area contributed by atoms with E-state index in [0.29, 0.717) is 0 Å². The number of carbonyl (C=O) groups is 3. The van der Waals surface area contributed by atoms with Gasteiger partial charge < -0.3 is 20.5 Å². The SMILES string of the molecule is CC(CC(=O)Nc1cccc(Cl)c1C(=O)O)NC(=O)OCC1c2ccccc2-c2ccccc21. The van der Waals surface area contributed by atoms with Crippen molar-refractivity contribution in [3.63, 3.8) is 0 Å². The Labute approximate surface area is 201 Å². The molecule has 1 aliphatic rings. The summed E-state index contributed by atoms with van der Waals surface area (Å²) in [5.74, 6) is -1.77. The van der Waals surface area contributed by atoms with E-state index in [4.69, 9.17) is 16.3 Å². The minimum atomic E-state index is -1.24. The molecule has 0 saturated carbocycles. The maximum Gasteiger partial charge on any atom is 0.407 e. The van der Waals surface area contributed by atoms with Crippen molar-refractivity contribution in [2.75, 3.05) is 11.9 Å². The molecule has 3 aromatic carbocycles. The van der Waals surface area contributed by atoms with Gasteiger partial charge in [0, 0.05) is 18.4 Å². The Kier molecular flexibility index (Phi) is 6.84. The van der Waals surface area contributed by atoms with E-state index in [9.17, 15) is 19.5 Å². The largest absolute Gasteiger partial charge is 0.478 e. The van der Waals surface area contributed by atoms with Crippen molar-refractivity contribution in [2.24, 2.45) is 0 Å². The second kappa shape index (κ2) is 9.97. The number of aromatic carboxylic acids is 1. The first-order chi connectivity index (χ1) is 16.3. The molecule has 2 amide bonds. The van der Waals surface area contributed by atoms with Crippen LogP contribution in [0.2, 0.25) is 5.02 Å². The zero-order valence-corrected chi connectivity index (χ0v) is 19.1. The van der Waals surface area contributed by atoms with Crippen molar-refractivity contribution >= 4 is 35.3 Å². The highest BCUT2D eigenvalue weighted by molar-refractivity contribution is 6.34. The van der Waals surface area contributed by atoms with Crippen LogP contribution in [-0.2, 0) is 9.53 Å². The summed E-state index contributed by atoms with van der Waals surface area (Å²) in [6.45, 7) is 1.83. The van der Waals surface area contributed by atoms with Gasteiger partial charge >= 0.3 is 12.1 Å². The number of nitrogens with one attached hydrogen (secondary N) is 2. The number of fused-ring (bicyclic) bond motifs is 3. The minimum Gasteiger partial charge on any atom is -0.478 e. The van der Waals surface area contributed by atoms with Crippen LogP contribution in [0.3, 0.4) is 0 Å². The van der Waals surface area contributed by atoms with E-state index in [1.165, 1.54) is 12.1 Å². The van der Waals surface area contributed by atoms with Gasteiger partial charge in [-0.05, 0) is 41.3 Å². The first-order valence-electron chi connectivity index (χ1n) is 10.8. The van der Waals surface area contributed by atoms with Crippen molar-refractivity contribution in [1.29, 1.82) is 0 Å². The Morgan fingerprint density at radius 3 is 2.21 bits per heavy atom. The number of hydrogen-bond donors (Lipinski definition) is 3. The van der Waals surface area contributed by atoms with Gasteiger partial charge in [-0.1, -0.05) is 66.2 Å². The van der Waals surface area contributed by atoms with E-state index in [1.807, 2.05) is 36.4 Å². The second-order valence-corrected chi connectivity index (χ2v) is 8.50. The molecule has 7 nitrogen and oxygen atoms in total. The molecule has 0 spiro atoms. The fourth-order valence-corrected chi connectivity index (χ4v) is 4.47. The number of hydrogen-bond acceptors (Lipinski definition) is 4. The number of halogens is 1. The Hall–Kier alpha value is -3.84. The average Bonchev–Trinajstić information content (AvgIpc) is 3.11. The van der Waals surface area contributed by atoms with Gasteiger partial charge in [0.1, 0.15) is 12.2 Å². The van der Waals surface area contributed by atoms with Gasteiger partial charge in [-0.2, -0.15) is 0 Å². The predicted molar refractivity (Wildman–Crippen MR) is 129 cm³/mol. The third-order valence-corrected chi connectivity index (χ3v) is 6.02. The third kappa shape index (κ3) is 4.89. The lowest BCUT2D eigenvalue weighted by Crippen LogP contribution is -2.36. The third-order valence-electron chi connectivity index (χ3n) is 5.70. The van der Waals surface area contributed by atoms with E-state index in [1.54, 1.807) is 13.0 Å². The monoisotopic (exact) mass is 478 g/mol. The van der Waals surface area contributed by atoms with E-state index in [0.717, 1.165) is 22.3 Å². The van der Waals surface area contributed by atoms with Crippen molar-refractivity contribution in [2.45, 2.75) is 25.3 Å². The number of anilines is 1. The summed E-state index contributed by atoms with van der Waals surface area (Å²) in [5.41, 5.74) is 4.41. The molecule has 8 heteroatoms. The van der Waals surface area contributed by atoms with Gasteiger partial charge in [0.05, 0.1) is 10.7 Å². The van der Waals surface area contributed by atoms with Crippen molar-refractivity contribution in [1.82, 2.24) is 5.32 Å². The van der Waals surface area contributed by atoms with E-state index in [2.05, 4.69) is 22.8 Å². The summed E-state index contributed by atoms with van der Waals surface area (Å²) >= 11 is 5.93. The summed E-state index contributed by atoms with van der Waals surface area (Å²) in [4.78, 5) is 36.2. The lowest BCUT2D eigenvalue weighted by Gasteiger charge is -2.17. The fourth-order valence-electron chi connectivity index (χ4n) is 4.22. The molecule has 4 rings (SSSR count). The number of rotatable bonds is 7. The van der Waals surface area contributed by atoms with Crippen LogP contribution in [0.5, 0.6) is 0 Å². The number of benzene rings is 3. The minimum absolute atomic E-state index is 0.0233. The van der Waals surface area contributed by atoms with Crippen LogP contribution in [0.4, 0.5) is 10.5 Å². The van der Waals surface area contributed by atoms with Gasteiger partial charge in [-0.15, -0.1) is 0 Å². The van der Waals surface area contributed by atoms with Gasteiger partial charge in [-0.3, -0.25) is 4.79 Å². The van der Waals surface area contributed by atoms with Gasteiger partial charge in [0.15, 0.2) is 0 Å². The number of carbonyl (C=O) groups excluding carboxylic acids is 2. The molecule has 1 atom stereocenters. The molecular weight excluding hydrogens is 456 g/mol. The lowest BCUT2D eigenvalue weighted by molar-refractivity contribution is -0.116. The molecule has 3 aromatic rings. The Bertz CT molecular complexity index is 1210. The Morgan fingerprint density at radius 2 is 1.59 bits per heavy atom. The lowest BCUT2D eigenvalue weighted by atomic mass is 9.98. The molecule has 1 unspecified atom stereocenters. The Balaban J connectivity index is 1.33. The number of carboxylic acid groups (broad SMARTS) is 1. The van der Waals surface area contributed by atoms with Crippen LogP contribution in [0.1, 0.15) is 40.7 Å². The molecular formula is C26H23ClN2O5. The van der Waals surface area contributed by atoms with Gasteiger partial charge in [0.2, 0.25) is 5.91 Å². The van der Waals surface area contributed by atoms with Crippen LogP contribution in [-0.4, -0.2) is 35.7 Å². The van der Waals surface area contributed by atoms with Crippen LogP contribution >= 0.6 is 11.6 Å². The number of ether oxygens (including phenoxy) is 1. The normalized spacial score (nSPS) is 12.9. The van der Waals surface area contributed by atoms with E-state index < -0.39 is 24.0 Å². The number of carboxylic acids is 1. The standard InChI is InChI=1S/C26H23ClN2O5/c1-15(13-23(30)29-22-12-6-11-21(27)24(22)25(31)32)28-26(33)34-14-20-18-9-4-2-7-16(18)17-8-3-5-10-19(17)20/h2-12,15,20H,13-14H2,1H3,(H,28,33)(H,29,30)(H,31,32). The molecule has 34 heavy (non-hydrogen) atoms. The number of alkyl carbamates (subject to hydrolysis) is 1. The summed E-state index contributed by atoms with van der Waals surface area (Å²) < 4.78 is 5.50. The molecule has 0 radical (unpaired) electrons. The molecule has 1 aliphatic carbocycles. The molecule has 3 N–H and O–H groups in total. The average molecular weight is 479 g/mol. The fraction of sp³-hybridized carbons (Fsp3) is 0.192. The molecule has 0 saturated heterocycles. The zero-order valence-electron chi connectivity index (χ0n) is 18.4. The molecule has 0 aliphatic heterocycles. The summed E-state index contributed by atoms with van der Waals surface area (Å²) in [5, 5.41) is 14.5. The second-order valence-electron chi connectivity index (χ2n) is 8.09. The molecule has 0 bridgehead atoms. The highest BCUT2D eigenvalue weighted by Gasteiger charge is 2.29. The first-order valence-corrected chi connectivity index (χ1v) is 11.2. The smallest absolute Gasteiger partial charge is 0.407 e. The maximum atomic E-state index is 12.4. The molecule has 174 valence electrons. The summed E-state index contributed by atoms with van der Waals surface area (Å²) in [6, 6.07) is 20.0. The van der Waals surface area contributed by atoms with Crippen molar-refractivity contribution in [3.8, 4) is 11.1 Å². The van der Waals surface area contributed by atoms with Gasteiger partial charge in [-0.25, -0.2) is 9.59 Å². The van der Waals surface area contributed by atoms with E-state index >= 15 is 0 Å². The summed E-state index contributed by atoms with van der Waals surface area (Å²) in [7, 11) is 0. The highest BCUT2D eigenvalue weighted by atomic mass is 35.5. The van der Waals surface area contributed by atoms with Gasteiger partial charge in [0.25, 0.3) is 0 Å². The molecule has 0 heterocycles. The quantitative estimate of drug-likeness (QED) is 0.427. The molecule has 0 fully saturated rings. The van der Waals surface area contributed by atoms with E-state index in [-0.39, 0.29) is 35.2 Å². The number of amides is 2. The first kappa shape index (κ1) is 23.3. The predicted octanol–water partition coefficient (Wildman–Crippen LogP) is 5.29. The van der Waals surface area contributed by atoms with Crippen LogP contribution in [0, 0.1) is 0 Å². The van der Waals surface area contributed by atoms with Crippen LogP contribution in [0.25, 0.3) is 11.1 Å².